The number of aliphatic imine (C=N–C) groups is 1. The van der Waals surface area contributed by atoms with Crippen molar-refractivity contribution in [3.05, 3.63) is 54.1 Å². The molecule has 1 atom stereocenters. The minimum absolute atomic E-state index is 0.00126. The van der Waals surface area contributed by atoms with Crippen LogP contribution in [0.2, 0.25) is 19.6 Å². The molecule has 0 amide bonds. The fraction of sp³-hybridized carbons (Fsp3) is 0.312. The van der Waals surface area contributed by atoms with Gasteiger partial charge in [-0.25, -0.2) is 9.97 Å². The lowest BCUT2D eigenvalue weighted by Crippen LogP contribution is -2.29. The molecule has 2 aromatic rings. The number of rotatable bonds is 5. The molecule has 0 aliphatic carbocycles. The van der Waals surface area contributed by atoms with Crippen LogP contribution in [0.3, 0.4) is 0 Å². The fourth-order valence-electron chi connectivity index (χ4n) is 1.88. The second kappa shape index (κ2) is 6.63. The molecule has 110 valence electrons. The largest absolute Gasteiger partial charge is 0.544 e. The van der Waals surface area contributed by atoms with E-state index in [4.69, 9.17) is 4.43 Å². The summed E-state index contributed by atoms with van der Waals surface area (Å²) < 4.78 is 6.14. The molecule has 0 spiro atoms. The van der Waals surface area contributed by atoms with E-state index in [2.05, 4.69) is 40.7 Å². The van der Waals surface area contributed by atoms with Crippen molar-refractivity contribution < 1.29 is 4.43 Å². The minimum atomic E-state index is -1.64. The summed E-state index contributed by atoms with van der Waals surface area (Å²) >= 11 is 0. The number of nitrogens with zero attached hydrogens (tertiary/aromatic N) is 3. The van der Waals surface area contributed by atoms with E-state index in [1.165, 1.54) is 0 Å². The highest BCUT2D eigenvalue weighted by molar-refractivity contribution is 6.70. The summed E-state index contributed by atoms with van der Waals surface area (Å²) in [5.74, 6) is 1.54. The zero-order valence-corrected chi connectivity index (χ0v) is 13.9. The summed E-state index contributed by atoms with van der Waals surface area (Å²) in [6, 6.07) is 9.87. The lowest BCUT2D eigenvalue weighted by molar-refractivity contribution is 0.543. The molecule has 21 heavy (non-hydrogen) atoms. The summed E-state index contributed by atoms with van der Waals surface area (Å²) in [5.41, 5.74) is 1.09. The van der Waals surface area contributed by atoms with Gasteiger partial charge in [0.15, 0.2) is 5.82 Å². The van der Waals surface area contributed by atoms with Crippen molar-refractivity contribution in [2.75, 3.05) is 0 Å². The van der Waals surface area contributed by atoms with E-state index in [0.717, 1.165) is 11.3 Å². The molecule has 1 aromatic carbocycles. The van der Waals surface area contributed by atoms with E-state index in [1.807, 2.05) is 25.1 Å². The van der Waals surface area contributed by atoms with E-state index in [-0.39, 0.29) is 6.04 Å². The SMILES string of the molecule is CC(N=Cc1ncccn1)c1ccccc1O[Si](C)(C)C. The van der Waals surface area contributed by atoms with E-state index in [0.29, 0.717) is 5.82 Å². The molecule has 1 unspecified atom stereocenters. The van der Waals surface area contributed by atoms with Crippen LogP contribution in [-0.2, 0) is 0 Å². The monoisotopic (exact) mass is 299 g/mol. The maximum absolute atomic E-state index is 6.14. The highest BCUT2D eigenvalue weighted by Crippen LogP contribution is 2.29. The van der Waals surface area contributed by atoms with Gasteiger partial charge in [-0.3, -0.25) is 4.99 Å². The van der Waals surface area contributed by atoms with Crippen molar-refractivity contribution in [3.63, 3.8) is 0 Å². The molecule has 0 N–H and O–H groups in total. The van der Waals surface area contributed by atoms with Crippen LogP contribution < -0.4 is 4.43 Å². The Hall–Kier alpha value is -2.01. The molecular formula is C16H21N3OSi. The predicted octanol–water partition coefficient (Wildman–Crippen LogP) is 3.87. The summed E-state index contributed by atoms with van der Waals surface area (Å²) in [4.78, 5) is 12.8. The summed E-state index contributed by atoms with van der Waals surface area (Å²) in [7, 11) is -1.64. The van der Waals surface area contributed by atoms with Gasteiger partial charge in [0.25, 0.3) is 0 Å². The normalized spacial score (nSPS) is 13.3. The first kappa shape index (κ1) is 15.4. The van der Waals surface area contributed by atoms with Gasteiger partial charge in [-0.15, -0.1) is 0 Å². The van der Waals surface area contributed by atoms with Crippen LogP contribution in [0.4, 0.5) is 0 Å². The molecule has 0 saturated carbocycles. The maximum Gasteiger partial charge on any atom is 0.242 e. The van der Waals surface area contributed by atoms with E-state index < -0.39 is 8.32 Å². The van der Waals surface area contributed by atoms with Crippen LogP contribution in [0.1, 0.15) is 24.4 Å². The summed E-state index contributed by atoms with van der Waals surface area (Å²) in [6.45, 7) is 8.58. The Labute approximate surface area is 127 Å². The van der Waals surface area contributed by atoms with Crippen molar-refractivity contribution in [1.29, 1.82) is 0 Å². The summed E-state index contributed by atoms with van der Waals surface area (Å²) in [5, 5.41) is 0. The Balaban J connectivity index is 2.19. The van der Waals surface area contributed by atoms with E-state index >= 15 is 0 Å². The third-order valence-electron chi connectivity index (χ3n) is 2.78. The van der Waals surface area contributed by atoms with Gasteiger partial charge in [-0.05, 0) is 38.7 Å². The van der Waals surface area contributed by atoms with Crippen LogP contribution in [0.5, 0.6) is 5.75 Å². The van der Waals surface area contributed by atoms with Crippen LogP contribution in [-0.4, -0.2) is 24.5 Å². The lowest BCUT2D eigenvalue weighted by atomic mass is 10.1. The zero-order valence-electron chi connectivity index (χ0n) is 12.9. The maximum atomic E-state index is 6.14. The fourth-order valence-corrected chi connectivity index (χ4v) is 2.73. The molecular weight excluding hydrogens is 278 g/mol. The van der Waals surface area contributed by atoms with E-state index in [9.17, 15) is 0 Å². The highest BCUT2D eigenvalue weighted by Gasteiger charge is 2.19. The van der Waals surface area contributed by atoms with Crippen molar-refractivity contribution in [3.8, 4) is 5.75 Å². The van der Waals surface area contributed by atoms with Crippen LogP contribution in [0, 0.1) is 0 Å². The van der Waals surface area contributed by atoms with Gasteiger partial charge in [-0.2, -0.15) is 0 Å². The lowest BCUT2D eigenvalue weighted by Gasteiger charge is -2.22. The molecule has 0 aliphatic rings. The first-order chi connectivity index (χ1) is 9.96. The Bertz CT molecular complexity index is 608. The molecule has 0 saturated heterocycles. The number of hydrogen-bond acceptors (Lipinski definition) is 4. The Morgan fingerprint density at radius 2 is 1.76 bits per heavy atom. The molecule has 0 radical (unpaired) electrons. The molecule has 1 heterocycles. The first-order valence-electron chi connectivity index (χ1n) is 7.04. The number of benzene rings is 1. The Kier molecular flexibility index (Phi) is 4.85. The average molecular weight is 299 g/mol. The Morgan fingerprint density at radius 1 is 1.10 bits per heavy atom. The van der Waals surface area contributed by atoms with Crippen molar-refractivity contribution in [2.24, 2.45) is 4.99 Å². The van der Waals surface area contributed by atoms with Crippen molar-refractivity contribution >= 4 is 14.5 Å². The first-order valence-corrected chi connectivity index (χ1v) is 10.4. The third kappa shape index (κ3) is 4.79. The second-order valence-electron chi connectivity index (χ2n) is 5.81. The van der Waals surface area contributed by atoms with Gasteiger partial charge in [-0.1, -0.05) is 18.2 Å². The third-order valence-corrected chi connectivity index (χ3v) is 3.62. The number of aromatic nitrogens is 2. The molecule has 0 bridgehead atoms. The van der Waals surface area contributed by atoms with Crippen LogP contribution in [0.25, 0.3) is 0 Å². The number of para-hydroxylation sites is 1. The Morgan fingerprint density at radius 3 is 2.43 bits per heavy atom. The summed E-state index contributed by atoms with van der Waals surface area (Å²) in [6.07, 6.45) is 5.12. The topological polar surface area (TPSA) is 47.4 Å². The van der Waals surface area contributed by atoms with Gasteiger partial charge < -0.3 is 4.43 Å². The van der Waals surface area contributed by atoms with Gasteiger partial charge in [0.05, 0.1) is 12.3 Å². The zero-order chi connectivity index (χ0) is 15.3. The van der Waals surface area contributed by atoms with Gasteiger partial charge in [0.1, 0.15) is 5.75 Å². The standard InChI is InChI=1S/C16H21N3OSi/c1-13(19-12-16-17-10-7-11-18-16)14-8-5-6-9-15(14)20-21(2,3)4/h5-13H,1-4H3. The van der Waals surface area contributed by atoms with Gasteiger partial charge >= 0.3 is 0 Å². The highest BCUT2D eigenvalue weighted by atomic mass is 28.4. The second-order valence-corrected chi connectivity index (χ2v) is 10.2. The molecule has 5 heteroatoms. The average Bonchev–Trinajstić information content (AvgIpc) is 2.45. The smallest absolute Gasteiger partial charge is 0.242 e. The van der Waals surface area contributed by atoms with Gasteiger partial charge in [0, 0.05) is 18.0 Å². The van der Waals surface area contributed by atoms with E-state index in [1.54, 1.807) is 24.7 Å². The molecule has 2 rings (SSSR count). The minimum Gasteiger partial charge on any atom is -0.544 e. The van der Waals surface area contributed by atoms with Crippen molar-refractivity contribution in [1.82, 2.24) is 9.97 Å². The quantitative estimate of drug-likeness (QED) is 0.622. The number of hydrogen-bond donors (Lipinski definition) is 0. The van der Waals surface area contributed by atoms with Crippen molar-refractivity contribution in [2.45, 2.75) is 32.6 Å². The van der Waals surface area contributed by atoms with Crippen LogP contribution in [0.15, 0.2) is 47.7 Å². The van der Waals surface area contributed by atoms with Gasteiger partial charge in [0.2, 0.25) is 8.32 Å². The predicted molar refractivity (Wildman–Crippen MR) is 88.5 cm³/mol. The molecule has 4 nitrogen and oxygen atoms in total. The molecule has 0 fully saturated rings. The molecule has 0 aliphatic heterocycles. The molecule has 1 aromatic heterocycles. The van der Waals surface area contributed by atoms with Crippen LogP contribution >= 0.6 is 0 Å².